The van der Waals surface area contributed by atoms with Crippen molar-refractivity contribution >= 4 is 69.2 Å². The van der Waals surface area contributed by atoms with Gasteiger partial charge in [0.1, 0.15) is 0 Å². The minimum Gasteiger partial charge on any atom is -0.306 e. The maximum Gasteiger partial charge on any atom is 0.0713 e. The molecule has 0 radical (unpaired) electrons. The van der Waals surface area contributed by atoms with Gasteiger partial charge in [0.2, 0.25) is 0 Å². The minimum atomic E-state index is 1.15. The van der Waals surface area contributed by atoms with E-state index in [9.17, 15) is 0 Å². The molecule has 25 heavy (non-hydrogen) atoms. The summed E-state index contributed by atoms with van der Waals surface area (Å²) in [5, 5.41) is 5.22. The van der Waals surface area contributed by atoms with E-state index in [1.807, 2.05) is 11.3 Å². The molecule has 0 bridgehead atoms. The Labute approximate surface area is 156 Å². The monoisotopic (exact) mass is 401 g/mol. The van der Waals surface area contributed by atoms with Crippen LogP contribution in [0.3, 0.4) is 0 Å². The fourth-order valence-electron chi connectivity index (χ4n) is 4.03. The summed E-state index contributed by atoms with van der Waals surface area (Å²) >= 11 is 5.60. The SMILES string of the molecule is Brc1ccc2c3c1cccc3c1cccc3sc4ccccc4n2-c31. The molecule has 0 aromatic heterocycles. The number of fused-ring (bicyclic) bond motifs is 4. The van der Waals surface area contributed by atoms with Gasteiger partial charge in [0.05, 0.1) is 26.1 Å². The van der Waals surface area contributed by atoms with E-state index in [0.717, 1.165) is 4.47 Å². The fraction of sp³-hybridized carbons (Fsp3) is 0. The maximum atomic E-state index is 3.74. The highest BCUT2D eigenvalue weighted by molar-refractivity contribution is 9.10. The lowest BCUT2D eigenvalue weighted by molar-refractivity contribution is 1.20. The molecule has 118 valence electrons. The number of benzene rings is 4. The quantitative estimate of drug-likeness (QED) is 0.185. The lowest BCUT2D eigenvalue weighted by Gasteiger charge is -2.23. The molecular formula is C22H12BrNS. The number of para-hydroxylation sites is 2. The molecule has 0 atom stereocenters. The Hall–Kier alpha value is -2.36. The van der Waals surface area contributed by atoms with E-state index in [1.54, 1.807) is 0 Å². The van der Waals surface area contributed by atoms with Gasteiger partial charge in [-0.1, -0.05) is 58.4 Å². The number of hydrogen-bond donors (Lipinski definition) is 0. The van der Waals surface area contributed by atoms with Crippen LogP contribution in [0.1, 0.15) is 0 Å². The predicted molar refractivity (Wildman–Crippen MR) is 113 cm³/mol. The normalized spacial score (nSPS) is 12.2. The molecule has 2 heterocycles. The van der Waals surface area contributed by atoms with E-state index in [1.165, 1.54) is 47.7 Å². The molecule has 0 saturated heterocycles. The Morgan fingerprint density at radius 2 is 1.40 bits per heavy atom. The highest BCUT2D eigenvalue weighted by Crippen LogP contribution is 2.43. The van der Waals surface area contributed by atoms with Crippen LogP contribution in [0.5, 0.6) is 0 Å². The van der Waals surface area contributed by atoms with Gasteiger partial charge in [0.25, 0.3) is 0 Å². The van der Waals surface area contributed by atoms with E-state index in [4.69, 9.17) is 0 Å². The van der Waals surface area contributed by atoms with Crippen LogP contribution in [0.2, 0.25) is 0 Å². The van der Waals surface area contributed by atoms with E-state index in [2.05, 4.69) is 93.3 Å². The molecule has 6 rings (SSSR count). The van der Waals surface area contributed by atoms with Crippen molar-refractivity contribution in [2.24, 2.45) is 0 Å². The lowest BCUT2D eigenvalue weighted by Crippen LogP contribution is -2.04. The van der Waals surface area contributed by atoms with Crippen LogP contribution in [0.25, 0.3) is 47.7 Å². The largest absolute Gasteiger partial charge is 0.306 e. The van der Waals surface area contributed by atoms with Crippen LogP contribution in [0, 0.1) is 0 Å². The van der Waals surface area contributed by atoms with Gasteiger partial charge in [0.15, 0.2) is 0 Å². The molecule has 0 N–H and O–H groups in total. The van der Waals surface area contributed by atoms with Crippen molar-refractivity contribution in [3.05, 3.63) is 77.3 Å². The Balaban J connectivity index is 2.10. The third kappa shape index (κ3) is 1.72. The van der Waals surface area contributed by atoms with Crippen molar-refractivity contribution in [2.45, 2.75) is 0 Å². The third-order valence-electron chi connectivity index (χ3n) is 5.05. The first kappa shape index (κ1) is 13.9. The zero-order valence-corrected chi connectivity index (χ0v) is 15.6. The fourth-order valence-corrected chi connectivity index (χ4v) is 5.59. The summed E-state index contributed by atoms with van der Waals surface area (Å²) in [6, 6.07) is 26.4. The molecule has 0 saturated carbocycles. The Morgan fingerprint density at radius 1 is 0.640 bits per heavy atom. The van der Waals surface area contributed by atoms with Crippen molar-refractivity contribution in [3.63, 3.8) is 0 Å². The van der Waals surface area contributed by atoms with Crippen molar-refractivity contribution < 1.29 is 0 Å². The highest BCUT2D eigenvalue weighted by Gasteiger charge is 2.19. The summed E-state index contributed by atoms with van der Waals surface area (Å²) in [6.07, 6.45) is 0. The van der Waals surface area contributed by atoms with Gasteiger partial charge in [-0.05, 0) is 41.1 Å². The van der Waals surface area contributed by atoms with E-state index >= 15 is 0 Å². The van der Waals surface area contributed by atoms with Crippen molar-refractivity contribution in [1.82, 2.24) is 4.57 Å². The first-order valence-corrected chi connectivity index (χ1v) is 9.85. The summed E-state index contributed by atoms with van der Waals surface area (Å²) in [4.78, 5) is 0. The zero-order valence-electron chi connectivity index (χ0n) is 13.2. The van der Waals surface area contributed by atoms with E-state index in [-0.39, 0.29) is 0 Å². The molecule has 0 spiro atoms. The summed E-state index contributed by atoms with van der Waals surface area (Å²) in [5.74, 6) is 0. The molecule has 0 unspecified atom stereocenters. The van der Waals surface area contributed by atoms with Crippen LogP contribution in [0.4, 0.5) is 0 Å². The second-order valence-electron chi connectivity index (χ2n) is 6.35. The zero-order chi connectivity index (χ0) is 16.5. The van der Waals surface area contributed by atoms with Crippen LogP contribution < -0.4 is 0 Å². The van der Waals surface area contributed by atoms with Gasteiger partial charge in [-0.25, -0.2) is 0 Å². The topological polar surface area (TPSA) is 4.93 Å². The van der Waals surface area contributed by atoms with Crippen molar-refractivity contribution in [2.75, 3.05) is 0 Å². The molecule has 0 aliphatic carbocycles. The highest BCUT2D eigenvalue weighted by atomic mass is 79.9. The molecule has 2 aliphatic rings. The van der Waals surface area contributed by atoms with Gasteiger partial charge < -0.3 is 4.57 Å². The van der Waals surface area contributed by atoms with Crippen LogP contribution in [0.15, 0.2) is 77.3 Å². The van der Waals surface area contributed by atoms with Gasteiger partial charge in [-0.2, -0.15) is 0 Å². The summed E-state index contributed by atoms with van der Waals surface area (Å²) in [7, 11) is 0. The maximum absolute atomic E-state index is 3.74. The van der Waals surface area contributed by atoms with Crippen LogP contribution >= 0.6 is 27.3 Å². The Kier molecular flexibility index (Phi) is 2.69. The average molecular weight is 402 g/mol. The second-order valence-corrected chi connectivity index (χ2v) is 8.29. The Morgan fingerprint density at radius 3 is 2.36 bits per heavy atom. The third-order valence-corrected chi connectivity index (χ3v) is 6.85. The van der Waals surface area contributed by atoms with Gasteiger partial charge in [-0.15, -0.1) is 11.3 Å². The molecule has 0 fully saturated rings. The number of hydrogen-bond acceptors (Lipinski definition) is 1. The second kappa shape index (κ2) is 4.84. The van der Waals surface area contributed by atoms with Crippen LogP contribution in [-0.2, 0) is 0 Å². The number of nitrogens with zero attached hydrogens (tertiary/aromatic N) is 1. The number of rotatable bonds is 0. The van der Waals surface area contributed by atoms with Crippen molar-refractivity contribution in [1.29, 1.82) is 0 Å². The molecule has 4 aromatic rings. The standard InChI is InChI=1S/C22H12BrNS/c23-16-11-12-18-21-13(5-3-7-15(16)21)14-6-4-10-20-22(14)24(18)17-8-1-2-9-19(17)25-20/h1-12H. The smallest absolute Gasteiger partial charge is 0.0713 e. The first-order chi connectivity index (χ1) is 12.3. The average Bonchev–Trinajstić information content (AvgIpc) is 2.66. The summed E-state index contributed by atoms with van der Waals surface area (Å²) < 4.78 is 6.22. The number of aromatic nitrogens is 1. The molecule has 2 aliphatic heterocycles. The molecule has 3 heteroatoms. The summed E-state index contributed by atoms with van der Waals surface area (Å²) in [6.45, 7) is 0. The van der Waals surface area contributed by atoms with Gasteiger partial charge in [0, 0.05) is 15.2 Å². The van der Waals surface area contributed by atoms with Crippen LogP contribution in [-0.4, -0.2) is 4.57 Å². The Bertz CT molecular complexity index is 1410. The van der Waals surface area contributed by atoms with E-state index in [0.29, 0.717) is 0 Å². The number of pyridine rings is 1. The molecule has 4 aromatic carbocycles. The van der Waals surface area contributed by atoms with E-state index < -0.39 is 0 Å². The predicted octanol–water partition coefficient (Wildman–Crippen LogP) is 7.35. The van der Waals surface area contributed by atoms with Gasteiger partial charge in [-0.3, -0.25) is 0 Å². The first-order valence-electron chi connectivity index (χ1n) is 8.24. The lowest BCUT2D eigenvalue weighted by atomic mass is 9.98. The van der Waals surface area contributed by atoms with Gasteiger partial charge >= 0.3 is 0 Å². The van der Waals surface area contributed by atoms with Crippen molar-refractivity contribution in [3.8, 4) is 5.69 Å². The molecule has 1 nitrogen and oxygen atoms in total. The number of halogens is 1. The minimum absolute atomic E-state index is 1.15. The summed E-state index contributed by atoms with van der Waals surface area (Å²) in [5.41, 5.74) is 3.85. The molecule has 0 amide bonds. The molecular weight excluding hydrogens is 390 g/mol.